The number of methoxy groups -OCH3 is 1. The number of ether oxygens (including phenoxy) is 1. The van der Waals surface area contributed by atoms with Gasteiger partial charge < -0.3 is 19.8 Å². The molecule has 0 spiro atoms. The SMILES string of the molecule is COc1ccc(C(C)C)cc1C(O)CN(C)CCO. The van der Waals surface area contributed by atoms with Crippen molar-refractivity contribution in [3.63, 3.8) is 0 Å². The molecule has 1 rings (SSSR count). The van der Waals surface area contributed by atoms with E-state index in [2.05, 4.69) is 13.8 Å². The Labute approximate surface area is 115 Å². The molecule has 1 unspecified atom stereocenters. The number of hydrogen-bond donors (Lipinski definition) is 2. The van der Waals surface area contributed by atoms with Crippen molar-refractivity contribution in [2.45, 2.75) is 25.9 Å². The molecule has 19 heavy (non-hydrogen) atoms. The fourth-order valence-electron chi connectivity index (χ4n) is 2.03. The van der Waals surface area contributed by atoms with Crippen LogP contribution in [-0.4, -0.2) is 49.0 Å². The summed E-state index contributed by atoms with van der Waals surface area (Å²) in [7, 11) is 3.48. The van der Waals surface area contributed by atoms with Crippen molar-refractivity contribution < 1.29 is 14.9 Å². The highest BCUT2D eigenvalue weighted by Gasteiger charge is 2.16. The van der Waals surface area contributed by atoms with E-state index >= 15 is 0 Å². The largest absolute Gasteiger partial charge is 0.496 e. The highest BCUT2D eigenvalue weighted by molar-refractivity contribution is 5.40. The second-order valence-electron chi connectivity index (χ2n) is 5.16. The van der Waals surface area contributed by atoms with Gasteiger partial charge in [-0.3, -0.25) is 0 Å². The summed E-state index contributed by atoms with van der Waals surface area (Å²) in [5.41, 5.74) is 1.98. The molecule has 4 heteroatoms. The van der Waals surface area contributed by atoms with Crippen molar-refractivity contribution in [1.82, 2.24) is 4.90 Å². The molecule has 1 aromatic carbocycles. The maximum absolute atomic E-state index is 10.3. The van der Waals surface area contributed by atoms with Crippen LogP contribution < -0.4 is 4.74 Å². The van der Waals surface area contributed by atoms with Crippen LogP contribution in [0.4, 0.5) is 0 Å². The molecule has 0 saturated heterocycles. The summed E-state index contributed by atoms with van der Waals surface area (Å²) in [6.07, 6.45) is -0.620. The molecule has 0 aliphatic heterocycles. The van der Waals surface area contributed by atoms with Gasteiger partial charge in [-0.1, -0.05) is 19.9 Å². The molecular formula is C15H25NO3. The monoisotopic (exact) mass is 267 g/mol. The van der Waals surface area contributed by atoms with Gasteiger partial charge in [0, 0.05) is 18.7 Å². The predicted octanol–water partition coefficient (Wildman–Crippen LogP) is 1.78. The van der Waals surface area contributed by atoms with Gasteiger partial charge in [0.1, 0.15) is 5.75 Å². The molecule has 0 bridgehead atoms. The minimum Gasteiger partial charge on any atom is -0.496 e. The van der Waals surface area contributed by atoms with E-state index in [0.717, 1.165) is 5.56 Å². The smallest absolute Gasteiger partial charge is 0.124 e. The number of likely N-dealkylation sites (N-methyl/N-ethyl adjacent to an activating group) is 1. The first-order chi connectivity index (χ1) is 8.99. The first kappa shape index (κ1) is 16.0. The lowest BCUT2D eigenvalue weighted by Gasteiger charge is -2.22. The maximum Gasteiger partial charge on any atom is 0.124 e. The number of aliphatic hydroxyl groups excluding tert-OH is 2. The molecule has 0 aliphatic rings. The first-order valence-electron chi connectivity index (χ1n) is 6.64. The number of benzene rings is 1. The lowest BCUT2D eigenvalue weighted by molar-refractivity contribution is 0.113. The van der Waals surface area contributed by atoms with Crippen molar-refractivity contribution in [3.8, 4) is 5.75 Å². The third-order valence-electron chi connectivity index (χ3n) is 3.25. The van der Waals surface area contributed by atoms with Crippen LogP contribution in [0.1, 0.15) is 37.0 Å². The quantitative estimate of drug-likeness (QED) is 0.790. The summed E-state index contributed by atoms with van der Waals surface area (Å²) in [6, 6.07) is 5.93. The van der Waals surface area contributed by atoms with Gasteiger partial charge >= 0.3 is 0 Å². The van der Waals surface area contributed by atoms with Crippen LogP contribution in [0.25, 0.3) is 0 Å². The van der Waals surface area contributed by atoms with Crippen LogP contribution in [-0.2, 0) is 0 Å². The van der Waals surface area contributed by atoms with Gasteiger partial charge in [0.15, 0.2) is 0 Å². The predicted molar refractivity (Wildman–Crippen MR) is 76.6 cm³/mol. The van der Waals surface area contributed by atoms with Gasteiger partial charge in [-0.2, -0.15) is 0 Å². The highest BCUT2D eigenvalue weighted by atomic mass is 16.5. The lowest BCUT2D eigenvalue weighted by Crippen LogP contribution is -2.27. The summed E-state index contributed by atoms with van der Waals surface area (Å²) in [4.78, 5) is 1.89. The molecule has 1 aromatic rings. The average molecular weight is 267 g/mol. The molecule has 108 valence electrons. The van der Waals surface area contributed by atoms with Gasteiger partial charge in [0.2, 0.25) is 0 Å². The van der Waals surface area contributed by atoms with Crippen molar-refractivity contribution >= 4 is 0 Å². The number of aliphatic hydroxyl groups is 2. The van der Waals surface area contributed by atoms with E-state index in [4.69, 9.17) is 9.84 Å². The topological polar surface area (TPSA) is 52.9 Å². The average Bonchev–Trinajstić information content (AvgIpc) is 2.37. The van der Waals surface area contributed by atoms with Gasteiger partial charge in [-0.25, -0.2) is 0 Å². The molecule has 1 atom stereocenters. The molecular weight excluding hydrogens is 242 g/mol. The van der Waals surface area contributed by atoms with Crippen LogP contribution >= 0.6 is 0 Å². The van der Waals surface area contributed by atoms with Gasteiger partial charge in [0.25, 0.3) is 0 Å². The normalized spacial score (nSPS) is 13.1. The molecule has 0 aromatic heterocycles. The molecule has 0 radical (unpaired) electrons. The van der Waals surface area contributed by atoms with Gasteiger partial charge in [-0.15, -0.1) is 0 Å². The zero-order valence-corrected chi connectivity index (χ0v) is 12.3. The summed E-state index contributed by atoms with van der Waals surface area (Å²) in [6.45, 7) is 5.35. The molecule has 0 fully saturated rings. The van der Waals surface area contributed by atoms with E-state index < -0.39 is 6.10 Å². The van der Waals surface area contributed by atoms with Crippen molar-refractivity contribution in [3.05, 3.63) is 29.3 Å². The van der Waals surface area contributed by atoms with Gasteiger partial charge in [-0.05, 0) is 30.7 Å². The lowest BCUT2D eigenvalue weighted by atomic mass is 9.97. The summed E-state index contributed by atoms with van der Waals surface area (Å²) in [5.74, 6) is 1.11. The van der Waals surface area contributed by atoms with Crippen LogP contribution in [0.3, 0.4) is 0 Å². The number of rotatable bonds is 7. The minimum absolute atomic E-state index is 0.0897. The molecule has 4 nitrogen and oxygen atoms in total. The Morgan fingerprint density at radius 2 is 2.00 bits per heavy atom. The Balaban J connectivity index is 2.92. The zero-order chi connectivity index (χ0) is 14.4. The Bertz CT molecular complexity index is 393. The van der Waals surface area contributed by atoms with E-state index in [0.29, 0.717) is 24.8 Å². The molecule has 0 saturated carbocycles. The van der Waals surface area contributed by atoms with Crippen LogP contribution in [0.15, 0.2) is 18.2 Å². The molecule has 0 amide bonds. The Kier molecular flexibility index (Phi) is 6.28. The summed E-state index contributed by atoms with van der Waals surface area (Å²) in [5, 5.41) is 19.2. The van der Waals surface area contributed by atoms with Crippen molar-refractivity contribution in [2.75, 3.05) is 33.9 Å². The first-order valence-corrected chi connectivity index (χ1v) is 6.64. The van der Waals surface area contributed by atoms with E-state index in [1.807, 2.05) is 30.1 Å². The summed E-state index contributed by atoms with van der Waals surface area (Å²) < 4.78 is 5.31. The molecule has 0 aliphatic carbocycles. The Hall–Kier alpha value is -1.10. The molecule has 2 N–H and O–H groups in total. The van der Waals surface area contributed by atoms with Gasteiger partial charge in [0.05, 0.1) is 19.8 Å². The van der Waals surface area contributed by atoms with E-state index in [1.165, 1.54) is 5.56 Å². The fraction of sp³-hybridized carbons (Fsp3) is 0.600. The van der Waals surface area contributed by atoms with Crippen molar-refractivity contribution in [2.24, 2.45) is 0 Å². The Morgan fingerprint density at radius 1 is 1.32 bits per heavy atom. The fourth-order valence-corrected chi connectivity index (χ4v) is 2.03. The summed E-state index contributed by atoms with van der Waals surface area (Å²) >= 11 is 0. The van der Waals surface area contributed by atoms with E-state index in [9.17, 15) is 5.11 Å². The standard InChI is InChI=1S/C15H25NO3/c1-11(2)12-5-6-15(19-4)13(9-12)14(18)10-16(3)7-8-17/h5-6,9,11,14,17-18H,7-8,10H2,1-4H3. The van der Waals surface area contributed by atoms with E-state index in [1.54, 1.807) is 7.11 Å². The maximum atomic E-state index is 10.3. The zero-order valence-electron chi connectivity index (χ0n) is 12.3. The molecule has 0 heterocycles. The van der Waals surface area contributed by atoms with E-state index in [-0.39, 0.29) is 6.61 Å². The highest BCUT2D eigenvalue weighted by Crippen LogP contribution is 2.29. The van der Waals surface area contributed by atoms with Crippen LogP contribution in [0, 0.1) is 0 Å². The van der Waals surface area contributed by atoms with Crippen molar-refractivity contribution in [1.29, 1.82) is 0 Å². The second kappa shape index (κ2) is 7.48. The van der Waals surface area contributed by atoms with Crippen LogP contribution in [0.2, 0.25) is 0 Å². The third kappa shape index (κ3) is 4.49. The third-order valence-corrected chi connectivity index (χ3v) is 3.25. The second-order valence-corrected chi connectivity index (χ2v) is 5.16. The minimum atomic E-state index is -0.620. The Morgan fingerprint density at radius 3 is 2.53 bits per heavy atom. The number of nitrogens with zero attached hydrogens (tertiary/aromatic N) is 1. The van der Waals surface area contributed by atoms with Crippen LogP contribution in [0.5, 0.6) is 5.75 Å². The number of hydrogen-bond acceptors (Lipinski definition) is 4.